The van der Waals surface area contributed by atoms with Crippen molar-refractivity contribution >= 4 is 11.9 Å². The lowest BCUT2D eigenvalue weighted by Gasteiger charge is -2.09. The number of carboxylic acid groups (broad SMARTS) is 1. The predicted octanol–water partition coefficient (Wildman–Crippen LogP) is 1.86. The molecule has 0 bridgehead atoms. The number of nitrogens with two attached hydrogens (primary N) is 1. The van der Waals surface area contributed by atoms with Crippen molar-refractivity contribution < 1.29 is 14.6 Å². The molecule has 0 atom stereocenters. The number of anilines is 1. The Morgan fingerprint density at radius 2 is 2.06 bits per heavy atom. The zero-order chi connectivity index (χ0) is 13.1. The maximum atomic E-state index is 11.0. The minimum Gasteiger partial charge on any atom is -0.478 e. The van der Waals surface area contributed by atoms with Crippen LogP contribution >= 0.6 is 0 Å². The molecule has 92 valence electrons. The van der Waals surface area contributed by atoms with Gasteiger partial charge in [0.25, 0.3) is 0 Å². The molecule has 6 nitrogen and oxygen atoms in total. The Balaban J connectivity index is 2.37. The molecule has 1 heterocycles. The summed E-state index contributed by atoms with van der Waals surface area (Å²) in [5, 5.41) is 9.03. The van der Waals surface area contributed by atoms with E-state index in [4.69, 9.17) is 15.6 Å². The van der Waals surface area contributed by atoms with Crippen LogP contribution in [0.25, 0.3) is 0 Å². The number of carboxylic acids is 1. The Morgan fingerprint density at radius 3 is 2.72 bits per heavy atom. The standard InChI is InChI=1S/C12H11N3O3/c1-7-10(6-14-12(13)15-7)18-9-5-3-2-4-8(9)11(16)17/h2-6H,1H3,(H,16,17)(H2,13,14,15). The first-order valence-electron chi connectivity index (χ1n) is 5.17. The molecule has 18 heavy (non-hydrogen) atoms. The van der Waals surface area contributed by atoms with Crippen LogP contribution in [0.5, 0.6) is 11.5 Å². The topological polar surface area (TPSA) is 98.3 Å². The first-order valence-corrected chi connectivity index (χ1v) is 5.17. The van der Waals surface area contributed by atoms with Crippen molar-refractivity contribution in [2.45, 2.75) is 6.92 Å². The fourth-order valence-corrected chi connectivity index (χ4v) is 1.42. The zero-order valence-corrected chi connectivity index (χ0v) is 9.62. The normalized spacial score (nSPS) is 10.1. The predicted molar refractivity (Wildman–Crippen MR) is 64.7 cm³/mol. The number of rotatable bonds is 3. The quantitative estimate of drug-likeness (QED) is 0.856. The van der Waals surface area contributed by atoms with Gasteiger partial charge in [0.05, 0.1) is 11.9 Å². The maximum Gasteiger partial charge on any atom is 0.339 e. The lowest BCUT2D eigenvalue weighted by Crippen LogP contribution is -2.02. The molecule has 0 spiro atoms. The molecule has 0 aliphatic carbocycles. The van der Waals surface area contributed by atoms with Crippen LogP contribution in [0.4, 0.5) is 5.95 Å². The highest BCUT2D eigenvalue weighted by Crippen LogP contribution is 2.26. The monoisotopic (exact) mass is 245 g/mol. The van der Waals surface area contributed by atoms with Crippen molar-refractivity contribution in [3.05, 3.63) is 41.7 Å². The molecule has 0 aliphatic rings. The number of ether oxygens (including phenoxy) is 1. The highest BCUT2D eigenvalue weighted by Gasteiger charge is 2.12. The highest BCUT2D eigenvalue weighted by atomic mass is 16.5. The zero-order valence-electron chi connectivity index (χ0n) is 9.62. The maximum absolute atomic E-state index is 11.0. The summed E-state index contributed by atoms with van der Waals surface area (Å²) in [5.41, 5.74) is 6.05. The molecule has 0 amide bonds. The lowest BCUT2D eigenvalue weighted by molar-refractivity contribution is 0.0694. The van der Waals surface area contributed by atoms with Crippen molar-refractivity contribution in [2.24, 2.45) is 0 Å². The number of aromatic nitrogens is 2. The fraction of sp³-hybridized carbons (Fsp3) is 0.0833. The van der Waals surface area contributed by atoms with E-state index in [-0.39, 0.29) is 17.3 Å². The molecule has 0 saturated heterocycles. The van der Waals surface area contributed by atoms with Crippen LogP contribution in [0.3, 0.4) is 0 Å². The lowest BCUT2D eigenvalue weighted by atomic mass is 10.2. The van der Waals surface area contributed by atoms with Gasteiger partial charge in [-0.3, -0.25) is 0 Å². The molecule has 0 fully saturated rings. The van der Waals surface area contributed by atoms with Gasteiger partial charge in [-0.2, -0.15) is 0 Å². The van der Waals surface area contributed by atoms with E-state index in [0.29, 0.717) is 11.4 Å². The molecule has 0 radical (unpaired) electrons. The van der Waals surface area contributed by atoms with E-state index in [2.05, 4.69) is 9.97 Å². The van der Waals surface area contributed by atoms with Crippen molar-refractivity contribution in [3.8, 4) is 11.5 Å². The van der Waals surface area contributed by atoms with Gasteiger partial charge in [0.2, 0.25) is 5.95 Å². The van der Waals surface area contributed by atoms with Crippen LogP contribution in [0, 0.1) is 6.92 Å². The molecular weight excluding hydrogens is 234 g/mol. The molecule has 0 aliphatic heterocycles. The fourth-order valence-electron chi connectivity index (χ4n) is 1.42. The Morgan fingerprint density at radius 1 is 1.33 bits per heavy atom. The number of para-hydroxylation sites is 1. The SMILES string of the molecule is Cc1nc(N)ncc1Oc1ccccc1C(=O)O. The van der Waals surface area contributed by atoms with Crippen molar-refractivity contribution in [3.63, 3.8) is 0 Å². The third-order valence-electron chi connectivity index (χ3n) is 2.29. The second kappa shape index (κ2) is 4.70. The number of hydrogen-bond donors (Lipinski definition) is 2. The van der Waals surface area contributed by atoms with Gasteiger partial charge in [0.15, 0.2) is 5.75 Å². The van der Waals surface area contributed by atoms with Crippen molar-refractivity contribution in [1.29, 1.82) is 0 Å². The Hall–Kier alpha value is -2.63. The van der Waals surface area contributed by atoms with Gasteiger partial charge < -0.3 is 15.6 Å². The van der Waals surface area contributed by atoms with Crippen LogP contribution in [-0.4, -0.2) is 21.0 Å². The molecule has 1 aromatic heterocycles. The van der Waals surface area contributed by atoms with Gasteiger partial charge in [-0.25, -0.2) is 14.8 Å². The van der Waals surface area contributed by atoms with E-state index in [1.807, 2.05) is 0 Å². The Bertz CT molecular complexity index is 599. The summed E-state index contributed by atoms with van der Waals surface area (Å²) in [6.07, 6.45) is 1.41. The van der Waals surface area contributed by atoms with Gasteiger partial charge in [0.1, 0.15) is 11.3 Å². The number of hydrogen-bond acceptors (Lipinski definition) is 5. The number of aromatic carboxylic acids is 1. The molecule has 0 saturated carbocycles. The minimum atomic E-state index is -1.06. The molecule has 0 unspecified atom stereocenters. The molecular formula is C12H11N3O3. The summed E-state index contributed by atoms with van der Waals surface area (Å²) in [5.74, 6) is -0.301. The highest BCUT2D eigenvalue weighted by molar-refractivity contribution is 5.90. The third kappa shape index (κ3) is 2.37. The smallest absolute Gasteiger partial charge is 0.339 e. The summed E-state index contributed by atoms with van der Waals surface area (Å²) >= 11 is 0. The number of nitrogen functional groups attached to an aromatic ring is 1. The van der Waals surface area contributed by atoms with Gasteiger partial charge in [-0.1, -0.05) is 12.1 Å². The van der Waals surface area contributed by atoms with Crippen LogP contribution in [0.1, 0.15) is 16.1 Å². The first kappa shape index (κ1) is 11.8. The first-order chi connectivity index (χ1) is 8.58. The minimum absolute atomic E-state index is 0.0775. The number of benzene rings is 1. The van der Waals surface area contributed by atoms with Crippen LogP contribution in [0.15, 0.2) is 30.5 Å². The third-order valence-corrected chi connectivity index (χ3v) is 2.29. The van der Waals surface area contributed by atoms with Crippen LogP contribution in [0.2, 0.25) is 0 Å². The molecule has 3 N–H and O–H groups in total. The van der Waals surface area contributed by atoms with Crippen LogP contribution in [-0.2, 0) is 0 Å². The number of aryl methyl sites for hydroxylation is 1. The van der Waals surface area contributed by atoms with E-state index in [1.54, 1.807) is 25.1 Å². The van der Waals surface area contributed by atoms with E-state index in [0.717, 1.165) is 0 Å². The Kier molecular flexibility index (Phi) is 3.09. The second-order valence-electron chi connectivity index (χ2n) is 3.58. The summed E-state index contributed by atoms with van der Waals surface area (Å²) < 4.78 is 5.50. The number of carbonyl (C=O) groups is 1. The molecule has 1 aromatic carbocycles. The van der Waals surface area contributed by atoms with E-state index >= 15 is 0 Å². The Labute approximate surface area is 103 Å². The van der Waals surface area contributed by atoms with Gasteiger partial charge in [-0.05, 0) is 19.1 Å². The van der Waals surface area contributed by atoms with E-state index in [9.17, 15) is 4.79 Å². The van der Waals surface area contributed by atoms with Gasteiger partial charge in [-0.15, -0.1) is 0 Å². The summed E-state index contributed by atoms with van der Waals surface area (Å²) in [7, 11) is 0. The van der Waals surface area contributed by atoms with E-state index < -0.39 is 5.97 Å². The summed E-state index contributed by atoms with van der Waals surface area (Å²) in [6, 6.07) is 6.35. The average Bonchev–Trinajstić information content (AvgIpc) is 2.33. The second-order valence-corrected chi connectivity index (χ2v) is 3.58. The largest absolute Gasteiger partial charge is 0.478 e. The van der Waals surface area contributed by atoms with E-state index in [1.165, 1.54) is 12.3 Å². The van der Waals surface area contributed by atoms with Crippen LogP contribution < -0.4 is 10.5 Å². The average molecular weight is 245 g/mol. The summed E-state index contributed by atoms with van der Waals surface area (Å²) in [4.78, 5) is 18.8. The molecule has 6 heteroatoms. The number of nitrogens with zero attached hydrogens (tertiary/aromatic N) is 2. The van der Waals surface area contributed by atoms with Crippen molar-refractivity contribution in [1.82, 2.24) is 9.97 Å². The van der Waals surface area contributed by atoms with Crippen molar-refractivity contribution in [2.75, 3.05) is 5.73 Å². The molecule has 2 aromatic rings. The summed E-state index contributed by atoms with van der Waals surface area (Å²) in [6.45, 7) is 1.71. The van der Waals surface area contributed by atoms with Gasteiger partial charge in [0, 0.05) is 0 Å². The van der Waals surface area contributed by atoms with Gasteiger partial charge >= 0.3 is 5.97 Å². The molecule has 2 rings (SSSR count).